The first-order valence-corrected chi connectivity index (χ1v) is 8.95. The zero-order valence-electron chi connectivity index (χ0n) is 16.1. The van der Waals surface area contributed by atoms with Gasteiger partial charge in [-0.1, -0.05) is 5.16 Å². The van der Waals surface area contributed by atoms with Crippen molar-refractivity contribution in [1.29, 1.82) is 0 Å². The molecule has 0 aliphatic heterocycles. The molecular formula is C20H22F2N4O3. The molecule has 2 amide bonds. The lowest BCUT2D eigenvalue weighted by atomic mass is 10.2. The van der Waals surface area contributed by atoms with Gasteiger partial charge in [-0.2, -0.15) is 0 Å². The molecule has 154 valence electrons. The van der Waals surface area contributed by atoms with Gasteiger partial charge in [-0.05, 0) is 56.3 Å². The Bertz CT molecular complexity index is 897. The van der Waals surface area contributed by atoms with E-state index < -0.39 is 24.1 Å². The fourth-order valence-electron chi connectivity index (χ4n) is 2.46. The number of amides is 2. The Balaban J connectivity index is 1.89. The minimum atomic E-state index is -1.07. The summed E-state index contributed by atoms with van der Waals surface area (Å²) in [6.07, 6.45) is 0. The minimum absolute atomic E-state index is 0.0850. The molecule has 0 aliphatic rings. The summed E-state index contributed by atoms with van der Waals surface area (Å²) in [4.78, 5) is 30.7. The van der Waals surface area contributed by atoms with Crippen molar-refractivity contribution in [2.24, 2.45) is 10.9 Å². The number of nitrogens with zero attached hydrogens (tertiary/aromatic N) is 2. The van der Waals surface area contributed by atoms with Gasteiger partial charge in [0.05, 0.1) is 0 Å². The topological polar surface area (TPSA) is 97.0 Å². The van der Waals surface area contributed by atoms with Crippen LogP contribution in [0.4, 0.5) is 14.5 Å². The number of anilines is 1. The molecule has 2 aromatic rings. The number of amidine groups is 1. The van der Waals surface area contributed by atoms with Crippen molar-refractivity contribution >= 4 is 23.3 Å². The molecule has 3 N–H and O–H groups in total. The number of hydrogen-bond acceptors (Lipinski definition) is 4. The molecule has 0 atom stereocenters. The van der Waals surface area contributed by atoms with Gasteiger partial charge in [0.2, 0.25) is 0 Å². The van der Waals surface area contributed by atoms with Crippen molar-refractivity contribution in [1.82, 2.24) is 4.90 Å². The van der Waals surface area contributed by atoms with E-state index in [1.54, 1.807) is 29.2 Å². The third kappa shape index (κ3) is 6.00. The number of benzene rings is 2. The van der Waals surface area contributed by atoms with Crippen LogP contribution in [0.25, 0.3) is 0 Å². The molecule has 0 aromatic heterocycles. The zero-order chi connectivity index (χ0) is 21.4. The SMILES string of the molecule is CCN(CC)C(=O)c1ccc(NC(=O)CON=C(N)c2ccc(F)c(F)c2)cc1. The number of rotatable bonds is 8. The van der Waals surface area contributed by atoms with Crippen LogP contribution < -0.4 is 11.1 Å². The lowest BCUT2D eigenvalue weighted by Crippen LogP contribution is -2.30. The highest BCUT2D eigenvalue weighted by Gasteiger charge is 2.12. The van der Waals surface area contributed by atoms with Gasteiger partial charge in [0.25, 0.3) is 11.8 Å². The Kier molecular flexibility index (Phi) is 7.64. The van der Waals surface area contributed by atoms with Gasteiger partial charge in [-0.25, -0.2) is 8.78 Å². The molecule has 9 heteroatoms. The summed E-state index contributed by atoms with van der Waals surface area (Å²) in [5, 5.41) is 6.10. The van der Waals surface area contributed by atoms with Gasteiger partial charge in [-0.3, -0.25) is 9.59 Å². The van der Waals surface area contributed by atoms with E-state index in [-0.39, 0.29) is 17.3 Å². The van der Waals surface area contributed by atoms with Gasteiger partial charge in [-0.15, -0.1) is 0 Å². The maximum Gasteiger partial charge on any atom is 0.265 e. The number of nitrogens with two attached hydrogens (primary N) is 1. The first kappa shape index (κ1) is 21.8. The van der Waals surface area contributed by atoms with Crippen molar-refractivity contribution in [3.63, 3.8) is 0 Å². The lowest BCUT2D eigenvalue weighted by molar-refractivity contribution is -0.120. The molecule has 29 heavy (non-hydrogen) atoms. The Hall–Kier alpha value is -3.49. The Morgan fingerprint density at radius 3 is 2.24 bits per heavy atom. The van der Waals surface area contributed by atoms with Crippen molar-refractivity contribution in [3.05, 3.63) is 65.2 Å². The summed E-state index contributed by atoms with van der Waals surface area (Å²) < 4.78 is 26.1. The lowest BCUT2D eigenvalue weighted by Gasteiger charge is -2.18. The average molecular weight is 404 g/mol. The molecule has 0 heterocycles. The van der Waals surface area contributed by atoms with Gasteiger partial charge in [0.15, 0.2) is 24.1 Å². The first-order chi connectivity index (χ1) is 13.8. The van der Waals surface area contributed by atoms with Crippen LogP contribution in [0.2, 0.25) is 0 Å². The standard InChI is InChI=1S/C20H22F2N4O3/c1-3-26(4-2)20(28)13-5-8-15(9-6-13)24-18(27)12-29-25-19(23)14-7-10-16(21)17(22)11-14/h5-11H,3-4,12H2,1-2H3,(H2,23,25)(H,24,27). The Labute approximate surface area is 167 Å². The zero-order valence-corrected chi connectivity index (χ0v) is 16.1. The summed E-state index contributed by atoms with van der Waals surface area (Å²) >= 11 is 0. The normalized spacial score (nSPS) is 11.1. The highest BCUT2D eigenvalue weighted by atomic mass is 19.2. The average Bonchev–Trinajstić information content (AvgIpc) is 2.71. The molecule has 0 saturated carbocycles. The number of halogens is 2. The molecule has 0 radical (unpaired) electrons. The number of carbonyl (C=O) groups is 2. The van der Waals surface area contributed by atoms with E-state index >= 15 is 0 Å². The number of oxime groups is 1. The quantitative estimate of drug-likeness (QED) is 0.402. The van der Waals surface area contributed by atoms with Gasteiger partial charge in [0.1, 0.15) is 0 Å². The molecule has 0 spiro atoms. The summed E-state index contributed by atoms with van der Waals surface area (Å²) in [5.41, 5.74) is 6.74. The second kappa shape index (κ2) is 10.2. The van der Waals surface area contributed by atoms with Crippen LogP contribution in [0.15, 0.2) is 47.6 Å². The van der Waals surface area contributed by atoms with Crippen LogP contribution in [-0.4, -0.2) is 42.2 Å². The highest BCUT2D eigenvalue weighted by molar-refractivity contribution is 5.97. The van der Waals surface area contributed by atoms with Crippen molar-refractivity contribution in [2.45, 2.75) is 13.8 Å². The maximum absolute atomic E-state index is 13.2. The van der Waals surface area contributed by atoms with Crippen molar-refractivity contribution in [2.75, 3.05) is 25.0 Å². The molecule has 0 bridgehead atoms. The number of hydrogen-bond donors (Lipinski definition) is 2. The minimum Gasteiger partial charge on any atom is -0.384 e. The smallest absolute Gasteiger partial charge is 0.265 e. The summed E-state index contributed by atoms with van der Waals surface area (Å²) in [7, 11) is 0. The van der Waals surface area contributed by atoms with E-state index in [0.29, 0.717) is 24.3 Å². The van der Waals surface area contributed by atoms with Crippen LogP contribution in [0.3, 0.4) is 0 Å². The summed E-state index contributed by atoms with van der Waals surface area (Å²) in [6, 6.07) is 9.47. The maximum atomic E-state index is 13.2. The third-order valence-electron chi connectivity index (χ3n) is 4.04. The molecule has 2 aromatic carbocycles. The first-order valence-electron chi connectivity index (χ1n) is 8.95. The molecule has 0 unspecified atom stereocenters. The van der Waals surface area contributed by atoms with E-state index in [4.69, 9.17) is 10.6 Å². The molecule has 2 rings (SSSR count). The Morgan fingerprint density at radius 2 is 1.66 bits per heavy atom. The fraction of sp³-hybridized carbons (Fsp3) is 0.250. The van der Waals surface area contributed by atoms with Gasteiger partial charge >= 0.3 is 0 Å². The van der Waals surface area contributed by atoms with Gasteiger partial charge < -0.3 is 20.8 Å². The van der Waals surface area contributed by atoms with Gasteiger partial charge in [0, 0.05) is 29.9 Å². The third-order valence-corrected chi connectivity index (χ3v) is 4.04. The monoisotopic (exact) mass is 404 g/mol. The van der Waals surface area contributed by atoms with E-state index in [2.05, 4.69) is 10.5 Å². The number of carbonyl (C=O) groups excluding carboxylic acids is 2. The van der Waals surface area contributed by atoms with Crippen LogP contribution >= 0.6 is 0 Å². The summed E-state index contributed by atoms with van der Waals surface area (Å²) in [5.74, 6) is -2.86. The molecular weight excluding hydrogens is 382 g/mol. The van der Waals surface area contributed by atoms with E-state index in [1.807, 2.05) is 13.8 Å². The largest absolute Gasteiger partial charge is 0.384 e. The second-order valence-electron chi connectivity index (χ2n) is 5.98. The molecule has 0 fully saturated rings. The van der Waals surface area contributed by atoms with Crippen LogP contribution in [0.5, 0.6) is 0 Å². The predicted octanol–water partition coefficient (Wildman–Crippen LogP) is 2.72. The number of nitrogens with one attached hydrogen (secondary N) is 1. The van der Waals surface area contributed by atoms with E-state index in [1.165, 1.54) is 6.07 Å². The molecule has 0 aliphatic carbocycles. The predicted molar refractivity (Wildman–Crippen MR) is 105 cm³/mol. The van der Waals surface area contributed by atoms with Crippen LogP contribution in [-0.2, 0) is 9.63 Å². The van der Waals surface area contributed by atoms with Crippen molar-refractivity contribution < 1.29 is 23.2 Å². The second-order valence-corrected chi connectivity index (χ2v) is 5.98. The highest BCUT2D eigenvalue weighted by Crippen LogP contribution is 2.12. The van der Waals surface area contributed by atoms with Crippen LogP contribution in [0.1, 0.15) is 29.8 Å². The summed E-state index contributed by atoms with van der Waals surface area (Å²) in [6.45, 7) is 4.58. The van der Waals surface area contributed by atoms with E-state index in [0.717, 1.165) is 12.1 Å². The van der Waals surface area contributed by atoms with Crippen LogP contribution in [0, 0.1) is 11.6 Å². The molecule has 7 nitrogen and oxygen atoms in total. The fourth-order valence-corrected chi connectivity index (χ4v) is 2.46. The van der Waals surface area contributed by atoms with Crippen molar-refractivity contribution in [3.8, 4) is 0 Å². The molecule has 0 saturated heterocycles. The van der Waals surface area contributed by atoms with E-state index in [9.17, 15) is 18.4 Å². The Morgan fingerprint density at radius 1 is 1.03 bits per heavy atom.